The summed E-state index contributed by atoms with van der Waals surface area (Å²) in [6, 6.07) is 8.48. The first kappa shape index (κ1) is 19.0. The lowest BCUT2D eigenvalue weighted by atomic mass is 9.96. The zero-order valence-corrected chi connectivity index (χ0v) is 16.6. The molecule has 2 heterocycles. The number of para-hydroxylation sites is 1. The minimum absolute atomic E-state index is 0.112. The number of anilines is 1. The van der Waals surface area contributed by atoms with Gasteiger partial charge in [0.1, 0.15) is 17.8 Å². The van der Waals surface area contributed by atoms with E-state index >= 15 is 0 Å². The second-order valence-corrected chi connectivity index (χ2v) is 7.78. The largest absolute Gasteiger partial charge is 0.325 e. The molecule has 1 aromatic heterocycles. The molecular weight excluding hydrogens is 374 g/mol. The number of nitrogens with one attached hydrogen (secondary N) is 2. The van der Waals surface area contributed by atoms with Crippen LogP contribution in [-0.2, 0) is 16.6 Å². The first-order valence-corrected chi connectivity index (χ1v) is 9.52. The maximum Gasteiger partial charge on any atom is 0.325 e. The number of carbonyl (C=O) groups is 3. The number of amides is 4. The van der Waals surface area contributed by atoms with Gasteiger partial charge in [-0.1, -0.05) is 18.2 Å². The third kappa shape index (κ3) is 3.02. The maximum absolute atomic E-state index is 12.9. The number of urea groups is 1. The topological polar surface area (TPSA) is 105 Å². The molecule has 1 saturated heterocycles. The smallest absolute Gasteiger partial charge is 0.323 e. The number of hydrogen-bond acceptors (Lipinski definition) is 4. The Kier molecular flexibility index (Phi) is 4.33. The lowest BCUT2D eigenvalue weighted by Gasteiger charge is -2.20. The summed E-state index contributed by atoms with van der Waals surface area (Å²) in [6.07, 6.45) is 1.76. The van der Waals surface area contributed by atoms with Gasteiger partial charge in [0, 0.05) is 7.05 Å². The van der Waals surface area contributed by atoms with E-state index in [4.69, 9.17) is 0 Å². The highest BCUT2D eigenvalue weighted by Gasteiger charge is 2.56. The molecule has 0 unspecified atom stereocenters. The van der Waals surface area contributed by atoms with Crippen molar-refractivity contribution in [3.05, 3.63) is 46.4 Å². The van der Waals surface area contributed by atoms with E-state index in [1.165, 1.54) is 4.68 Å². The lowest BCUT2D eigenvalue weighted by molar-refractivity contribution is -0.134. The first-order valence-electron chi connectivity index (χ1n) is 9.52. The van der Waals surface area contributed by atoms with E-state index in [9.17, 15) is 19.2 Å². The lowest BCUT2D eigenvalue weighted by Crippen LogP contribution is -2.46. The summed E-state index contributed by atoms with van der Waals surface area (Å²) in [5.41, 5.74) is 0.0214. The summed E-state index contributed by atoms with van der Waals surface area (Å²) in [7, 11) is 1.72. The normalized spacial score (nSPS) is 21.4. The average Bonchev–Trinajstić information content (AvgIpc) is 3.49. The van der Waals surface area contributed by atoms with Crippen LogP contribution in [0.15, 0.2) is 35.1 Å². The van der Waals surface area contributed by atoms with E-state index in [1.807, 2.05) is 18.2 Å². The van der Waals surface area contributed by atoms with Gasteiger partial charge in [-0.2, -0.15) is 0 Å². The summed E-state index contributed by atoms with van der Waals surface area (Å²) in [5.74, 6) is -0.882. The predicted octanol–water partition coefficient (Wildman–Crippen LogP) is 1.14. The Morgan fingerprint density at radius 2 is 1.86 bits per heavy atom. The summed E-state index contributed by atoms with van der Waals surface area (Å²) < 4.78 is 3.09. The Morgan fingerprint density at radius 3 is 2.48 bits per heavy atom. The number of carbonyl (C=O) groups excluding carboxylic acids is 3. The Labute approximate surface area is 167 Å². The highest BCUT2D eigenvalue weighted by molar-refractivity contribution is 6.10. The molecule has 9 nitrogen and oxygen atoms in total. The number of aromatic nitrogens is 2. The van der Waals surface area contributed by atoms with Gasteiger partial charge in [-0.25, -0.2) is 9.48 Å². The van der Waals surface area contributed by atoms with Crippen LogP contribution in [0, 0.1) is 12.8 Å². The summed E-state index contributed by atoms with van der Waals surface area (Å²) in [6.45, 7) is 2.98. The van der Waals surface area contributed by atoms with Crippen molar-refractivity contribution in [2.45, 2.75) is 32.2 Å². The molecule has 2 N–H and O–H groups in total. The maximum atomic E-state index is 12.9. The molecule has 2 aliphatic rings. The van der Waals surface area contributed by atoms with Crippen LogP contribution in [0.3, 0.4) is 0 Å². The zero-order chi connectivity index (χ0) is 20.9. The van der Waals surface area contributed by atoms with E-state index in [0.29, 0.717) is 11.4 Å². The van der Waals surface area contributed by atoms with Gasteiger partial charge in [0.15, 0.2) is 0 Å². The van der Waals surface area contributed by atoms with Crippen LogP contribution in [0.4, 0.5) is 10.5 Å². The van der Waals surface area contributed by atoms with Crippen molar-refractivity contribution < 1.29 is 14.4 Å². The van der Waals surface area contributed by atoms with Crippen LogP contribution in [-0.4, -0.2) is 44.2 Å². The van der Waals surface area contributed by atoms with Gasteiger partial charge in [0.2, 0.25) is 5.91 Å². The molecule has 2 aromatic rings. The molecule has 0 spiro atoms. The molecular formula is C20H23N5O4. The van der Waals surface area contributed by atoms with Crippen molar-refractivity contribution in [2.24, 2.45) is 13.0 Å². The minimum Gasteiger partial charge on any atom is -0.323 e. The van der Waals surface area contributed by atoms with Crippen molar-refractivity contribution in [1.29, 1.82) is 0 Å². The van der Waals surface area contributed by atoms with Gasteiger partial charge in [-0.15, -0.1) is 0 Å². The molecule has 1 saturated carbocycles. The van der Waals surface area contributed by atoms with Gasteiger partial charge >= 0.3 is 6.03 Å². The van der Waals surface area contributed by atoms with Crippen molar-refractivity contribution in [3.63, 3.8) is 0 Å². The van der Waals surface area contributed by atoms with Crippen molar-refractivity contribution in [2.75, 3.05) is 11.9 Å². The molecule has 152 valence electrons. The standard InChI is InChI=1S/C20H23N5O4/c1-12-16(17(27)25(23(12)3)14-7-5-4-6-8-14)21-15(26)11-24-18(28)20(2,13-9-10-13)22-19(24)29/h4-8,13H,9-11H2,1-3H3,(H,21,26)(H,22,29)/t20-/m0/s1. The van der Waals surface area contributed by atoms with Gasteiger partial charge in [-0.3, -0.25) is 24.0 Å². The molecule has 2 fully saturated rings. The van der Waals surface area contributed by atoms with Crippen LogP contribution in [0.25, 0.3) is 5.69 Å². The second-order valence-electron chi connectivity index (χ2n) is 7.78. The molecule has 1 aliphatic carbocycles. The van der Waals surface area contributed by atoms with Crippen LogP contribution in [0.2, 0.25) is 0 Å². The summed E-state index contributed by atoms with van der Waals surface area (Å²) in [5, 5.41) is 5.29. The summed E-state index contributed by atoms with van der Waals surface area (Å²) >= 11 is 0. The number of nitrogens with zero attached hydrogens (tertiary/aromatic N) is 3. The van der Waals surface area contributed by atoms with Crippen LogP contribution in [0.1, 0.15) is 25.5 Å². The Bertz CT molecular complexity index is 1070. The van der Waals surface area contributed by atoms with E-state index in [2.05, 4.69) is 10.6 Å². The van der Waals surface area contributed by atoms with E-state index in [-0.39, 0.29) is 17.2 Å². The van der Waals surface area contributed by atoms with Crippen molar-refractivity contribution in [1.82, 2.24) is 19.6 Å². The SMILES string of the molecule is Cc1c(NC(=O)CN2C(=O)N[C@@](C)(C3CC3)C2=O)c(=O)n(-c2ccccc2)n1C. The highest BCUT2D eigenvalue weighted by atomic mass is 16.2. The van der Waals surface area contributed by atoms with Gasteiger partial charge in [0.05, 0.1) is 11.4 Å². The van der Waals surface area contributed by atoms with E-state index in [1.54, 1.807) is 37.7 Å². The Morgan fingerprint density at radius 1 is 1.21 bits per heavy atom. The molecule has 1 aliphatic heterocycles. The quantitative estimate of drug-likeness (QED) is 0.738. The van der Waals surface area contributed by atoms with Crippen LogP contribution in [0.5, 0.6) is 0 Å². The molecule has 0 radical (unpaired) electrons. The number of hydrogen-bond donors (Lipinski definition) is 2. The first-order chi connectivity index (χ1) is 13.7. The molecule has 1 atom stereocenters. The third-order valence-electron chi connectivity index (χ3n) is 5.82. The molecule has 4 amide bonds. The Balaban J connectivity index is 1.55. The van der Waals surface area contributed by atoms with Gasteiger partial charge in [0.25, 0.3) is 11.5 Å². The van der Waals surface area contributed by atoms with Crippen LogP contribution >= 0.6 is 0 Å². The van der Waals surface area contributed by atoms with Crippen molar-refractivity contribution >= 4 is 23.5 Å². The molecule has 1 aromatic carbocycles. The monoisotopic (exact) mass is 397 g/mol. The minimum atomic E-state index is -0.944. The fourth-order valence-electron chi connectivity index (χ4n) is 3.83. The number of benzene rings is 1. The average molecular weight is 397 g/mol. The second kappa shape index (κ2) is 6.61. The molecule has 0 bridgehead atoms. The summed E-state index contributed by atoms with van der Waals surface area (Å²) in [4.78, 5) is 51.3. The predicted molar refractivity (Wildman–Crippen MR) is 106 cm³/mol. The fraction of sp³-hybridized carbons (Fsp3) is 0.400. The third-order valence-corrected chi connectivity index (χ3v) is 5.82. The van der Waals surface area contributed by atoms with Crippen molar-refractivity contribution in [3.8, 4) is 5.69 Å². The fourth-order valence-corrected chi connectivity index (χ4v) is 3.83. The molecule has 4 rings (SSSR count). The van der Waals surface area contributed by atoms with E-state index in [0.717, 1.165) is 17.7 Å². The Hall–Kier alpha value is -3.36. The van der Waals surface area contributed by atoms with Gasteiger partial charge in [-0.05, 0) is 44.7 Å². The van der Waals surface area contributed by atoms with E-state index < -0.39 is 29.9 Å². The molecule has 29 heavy (non-hydrogen) atoms. The molecule has 9 heteroatoms. The number of rotatable bonds is 5. The van der Waals surface area contributed by atoms with Crippen LogP contribution < -0.4 is 16.2 Å². The van der Waals surface area contributed by atoms with Gasteiger partial charge < -0.3 is 10.6 Å². The zero-order valence-electron chi connectivity index (χ0n) is 16.6. The number of imide groups is 1. The highest BCUT2D eigenvalue weighted by Crippen LogP contribution is 2.42.